The van der Waals surface area contributed by atoms with Crippen LogP contribution < -0.4 is 5.32 Å². The van der Waals surface area contributed by atoms with E-state index in [2.05, 4.69) is 29.6 Å². The van der Waals surface area contributed by atoms with Crippen LogP contribution in [0.5, 0.6) is 0 Å². The highest BCUT2D eigenvalue weighted by Crippen LogP contribution is 2.39. The maximum Gasteiger partial charge on any atom is 0.0441 e. The monoisotopic (exact) mass is 305 g/mol. The highest BCUT2D eigenvalue weighted by molar-refractivity contribution is 6.31. The lowest BCUT2D eigenvalue weighted by Crippen LogP contribution is -2.34. The molecule has 1 nitrogen and oxygen atoms in total. The van der Waals surface area contributed by atoms with Gasteiger partial charge in [-0.05, 0) is 48.2 Å². The van der Waals surface area contributed by atoms with E-state index in [0.29, 0.717) is 11.8 Å². The third kappa shape index (κ3) is 2.85. The van der Waals surface area contributed by atoms with Crippen LogP contribution in [0, 0.1) is 0 Å². The Kier molecular flexibility index (Phi) is 4.30. The summed E-state index contributed by atoms with van der Waals surface area (Å²) < 4.78 is 0. The Morgan fingerprint density at radius 3 is 2.40 bits per heavy atom. The van der Waals surface area contributed by atoms with Crippen LogP contribution in [0.4, 0.5) is 0 Å². The molecule has 1 heterocycles. The zero-order valence-corrected chi connectivity index (χ0v) is 12.7. The molecule has 1 saturated heterocycles. The highest BCUT2D eigenvalue weighted by Gasteiger charge is 2.28. The summed E-state index contributed by atoms with van der Waals surface area (Å²) in [6.07, 6.45) is 1.12. The molecule has 0 bridgehead atoms. The number of piperidine rings is 1. The van der Waals surface area contributed by atoms with E-state index in [0.717, 1.165) is 29.6 Å². The van der Waals surface area contributed by atoms with Gasteiger partial charge in [0.15, 0.2) is 0 Å². The third-order valence-corrected chi connectivity index (χ3v) is 4.68. The van der Waals surface area contributed by atoms with E-state index in [9.17, 15) is 0 Å². The Morgan fingerprint density at radius 2 is 1.65 bits per heavy atom. The van der Waals surface area contributed by atoms with Crippen molar-refractivity contribution >= 4 is 23.2 Å². The summed E-state index contributed by atoms with van der Waals surface area (Å²) in [6.45, 7) is 2.02. The van der Waals surface area contributed by atoms with Gasteiger partial charge in [0.1, 0.15) is 0 Å². The van der Waals surface area contributed by atoms with Crippen molar-refractivity contribution in [3.8, 4) is 0 Å². The first-order valence-corrected chi connectivity index (χ1v) is 7.72. The minimum atomic E-state index is 0.415. The first kappa shape index (κ1) is 13.9. The average Bonchev–Trinajstić information content (AvgIpc) is 2.49. The maximum absolute atomic E-state index is 6.39. The number of rotatable bonds is 2. The lowest BCUT2D eigenvalue weighted by molar-refractivity contribution is 0.404. The molecule has 2 aromatic rings. The Balaban J connectivity index is 1.95. The van der Waals surface area contributed by atoms with Crippen LogP contribution in [-0.4, -0.2) is 13.1 Å². The van der Waals surface area contributed by atoms with Crippen molar-refractivity contribution in [3.63, 3.8) is 0 Å². The SMILES string of the molecule is Clc1ccc(C2CCNCC2c2ccccc2Cl)cc1. The molecule has 1 N–H and O–H groups in total. The molecule has 0 saturated carbocycles. The smallest absolute Gasteiger partial charge is 0.0441 e. The fourth-order valence-corrected chi connectivity index (χ4v) is 3.47. The van der Waals surface area contributed by atoms with Crippen LogP contribution in [0.3, 0.4) is 0 Å². The van der Waals surface area contributed by atoms with E-state index < -0.39 is 0 Å². The summed E-state index contributed by atoms with van der Waals surface area (Å²) in [5.41, 5.74) is 2.59. The lowest BCUT2D eigenvalue weighted by atomic mass is 9.77. The van der Waals surface area contributed by atoms with Crippen LogP contribution in [0.25, 0.3) is 0 Å². The van der Waals surface area contributed by atoms with Gasteiger partial charge in [-0.15, -0.1) is 0 Å². The van der Waals surface area contributed by atoms with Gasteiger partial charge >= 0.3 is 0 Å². The van der Waals surface area contributed by atoms with Crippen LogP contribution in [0.1, 0.15) is 29.4 Å². The summed E-state index contributed by atoms with van der Waals surface area (Å²) >= 11 is 12.4. The zero-order valence-electron chi connectivity index (χ0n) is 11.2. The van der Waals surface area contributed by atoms with Crippen LogP contribution in [-0.2, 0) is 0 Å². The second-order valence-corrected chi connectivity index (χ2v) is 6.12. The molecule has 1 aliphatic heterocycles. The quantitative estimate of drug-likeness (QED) is 0.836. The molecule has 1 fully saturated rings. The predicted octanol–water partition coefficient (Wildman–Crippen LogP) is 4.85. The Morgan fingerprint density at radius 1 is 0.900 bits per heavy atom. The first-order valence-electron chi connectivity index (χ1n) is 6.96. The van der Waals surface area contributed by atoms with Crippen LogP contribution in [0.2, 0.25) is 10.0 Å². The van der Waals surface area contributed by atoms with Gasteiger partial charge < -0.3 is 5.32 Å². The van der Waals surface area contributed by atoms with E-state index >= 15 is 0 Å². The molecule has 20 heavy (non-hydrogen) atoms. The highest BCUT2D eigenvalue weighted by atomic mass is 35.5. The standard InChI is InChI=1S/C17H17Cl2N/c18-13-7-5-12(6-8-13)14-9-10-20-11-16(14)15-3-1-2-4-17(15)19/h1-8,14,16,20H,9-11H2. The molecule has 0 radical (unpaired) electrons. The number of benzene rings is 2. The van der Waals surface area contributed by atoms with Crippen molar-refractivity contribution in [1.29, 1.82) is 0 Å². The molecule has 2 atom stereocenters. The topological polar surface area (TPSA) is 12.0 Å². The fourth-order valence-electron chi connectivity index (χ4n) is 3.07. The van der Waals surface area contributed by atoms with E-state index in [1.54, 1.807) is 0 Å². The van der Waals surface area contributed by atoms with Crippen LogP contribution in [0.15, 0.2) is 48.5 Å². The van der Waals surface area contributed by atoms with Crippen molar-refractivity contribution in [2.45, 2.75) is 18.3 Å². The Labute approximate surface area is 129 Å². The van der Waals surface area contributed by atoms with Gasteiger partial charge in [0.05, 0.1) is 0 Å². The molecule has 104 valence electrons. The van der Waals surface area contributed by atoms with Crippen molar-refractivity contribution in [3.05, 3.63) is 69.7 Å². The van der Waals surface area contributed by atoms with Crippen molar-refractivity contribution in [2.24, 2.45) is 0 Å². The number of halogens is 2. The van der Waals surface area contributed by atoms with Gasteiger partial charge in [-0.1, -0.05) is 53.5 Å². The second-order valence-electron chi connectivity index (χ2n) is 5.28. The van der Waals surface area contributed by atoms with E-state index in [-0.39, 0.29) is 0 Å². The largest absolute Gasteiger partial charge is 0.316 e. The molecule has 0 aliphatic carbocycles. The molecule has 0 spiro atoms. The minimum absolute atomic E-state index is 0.415. The number of hydrogen-bond acceptors (Lipinski definition) is 1. The summed E-state index contributed by atoms with van der Waals surface area (Å²) in [5.74, 6) is 0.909. The summed E-state index contributed by atoms with van der Waals surface area (Å²) in [7, 11) is 0. The van der Waals surface area contributed by atoms with E-state index in [4.69, 9.17) is 23.2 Å². The normalized spacial score (nSPS) is 22.7. The summed E-state index contributed by atoms with van der Waals surface area (Å²) in [6, 6.07) is 16.4. The zero-order chi connectivity index (χ0) is 13.9. The second kappa shape index (κ2) is 6.17. The van der Waals surface area contributed by atoms with Crippen molar-refractivity contribution in [1.82, 2.24) is 5.32 Å². The predicted molar refractivity (Wildman–Crippen MR) is 85.9 cm³/mol. The van der Waals surface area contributed by atoms with Crippen molar-refractivity contribution < 1.29 is 0 Å². The Bertz CT molecular complexity index is 580. The molecule has 3 rings (SSSR count). The van der Waals surface area contributed by atoms with Gasteiger partial charge in [-0.25, -0.2) is 0 Å². The van der Waals surface area contributed by atoms with Gasteiger partial charge in [-0.2, -0.15) is 0 Å². The molecular formula is C17H17Cl2N. The van der Waals surface area contributed by atoms with E-state index in [1.165, 1.54) is 11.1 Å². The molecular weight excluding hydrogens is 289 g/mol. The molecule has 3 heteroatoms. The molecule has 2 aromatic carbocycles. The Hall–Kier alpha value is -1.02. The van der Waals surface area contributed by atoms with Gasteiger partial charge in [0, 0.05) is 22.5 Å². The summed E-state index contributed by atoms with van der Waals surface area (Å²) in [5, 5.41) is 5.14. The molecule has 0 amide bonds. The van der Waals surface area contributed by atoms with Gasteiger partial charge in [0.2, 0.25) is 0 Å². The van der Waals surface area contributed by atoms with Crippen molar-refractivity contribution in [2.75, 3.05) is 13.1 Å². The third-order valence-electron chi connectivity index (χ3n) is 4.08. The molecule has 2 unspecified atom stereocenters. The molecule has 0 aromatic heterocycles. The van der Waals surface area contributed by atoms with Gasteiger partial charge in [-0.3, -0.25) is 0 Å². The summed E-state index contributed by atoms with van der Waals surface area (Å²) in [4.78, 5) is 0. The number of hydrogen-bond donors (Lipinski definition) is 1. The molecule has 1 aliphatic rings. The average molecular weight is 306 g/mol. The van der Waals surface area contributed by atoms with Crippen LogP contribution >= 0.6 is 23.2 Å². The van der Waals surface area contributed by atoms with Gasteiger partial charge in [0.25, 0.3) is 0 Å². The van der Waals surface area contributed by atoms with E-state index in [1.807, 2.05) is 24.3 Å². The maximum atomic E-state index is 6.39. The first-order chi connectivity index (χ1) is 9.75. The fraction of sp³-hybridized carbons (Fsp3) is 0.294. The number of nitrogens with one attached hydrogen (secondary N) is 1. The lowest BCUT2D eigenvalue weighted by Gasteiger charge is -2.33. The minimum Gasteiger partial charge on any atom is -0.316 e.